The third-order valence-electron chi connectivity index (χ3n) is 5.50. The van der Waals surface area contributed by atoms with Gasteiger partial charge in [-0.2, -0.15) is 4.80 Å². The van der Waals surface area contributed by atoms with Gasteiger partial charge in [0.1, 0.15) is 18.3 Å². The van der Waals surface area contributed by atoms with E-state index in [0.717, 1.165) is 11.1 Å². The van der Waals surface area contributed by atoms with Crippen LogP contribution in [0.5, 0.6) is 5.75 Å². The van der Waals surface area contributed by atoms with Crippen LogP contribution in [0.25, 0.3) is 11.4 Å². The number of benzene rings is 2. The Labute approximate surface area is 223 Å². The number of nitrogens with one attached hydrogen (secondary N) is 1. The normalized spacial score (nSPS) is 12.4. The number of carbonyl (C=O) groups excluding carboxylic acids is 2. The maximum absolute atomic E-state index is 13.9. The van der Waals surface area contributed by atoms with Gasteiger partial charge in [-0.15, -0.1) is 10.2 Å². The molecule has 10 heteroatoms. The van der Waals surface area contributed by atoms with Crippen molar-refractivity contribution in [3.63, 3.8) is 0 Å². The van der Waals surface area contributed by atoms with Gasteiger partial charge >= 0.3 is 0 Å². The molecular weight excluding hydrogens is 492 g/mol. The van der Waals surface area contributed by atoms with Crippen LogP contribution in [0.1, 0.15) is 46.6 Å². The molecule has 0 saturated carbocycles. The first-order valence-electron chi connectivity index (χ1n) is 12.2. The molecule has 198 valence electrons. The zero-order valence-electron chi connectivity index (χ0n) is 22.4. The molecule has 2 amide bonds. The van der Waals surface area contributed by atoms with E-state index in [1.54, 1.807) is 37.4 Å². The second-order valence-corrected chi connectivity index (χ2v) is 10.9. The highest BCUT2D eigenvalue weighted by atomic mass is 35.5. The summed E-state index contributed by atoms with van der Waals surface area (Å²) in [6.45, 7) is 11.5. The zero-order valence-corrected chi connectivity index (χ0v) is 23.2. The summed E-state index contributed by atoms with van der Waals surface area (Å²) in [6, 6.07) is 11.8. The average Bonchev–Trinajstić information content (AvgIpc) is 3.26. The van der Waals surface area contributed by atoms with Crippen LogP contribution in [0.3, 0.4) is 0 Å². The third kappa shape index (κ3) is 7.52. The van der Waals surface area contributed by atoms with Gasteiger partial charge in [0, 0.05) is 16.1 Å². The maximum Gasteiger partial charge on any atom is 0.251 e. The number of tetrazole rings is 1. The van der Waals surface area contributed by atoms with E-state index in [9.17, 15) is 9.59 Å². The minimum absolute atomic E-state index is 0.142. The Morgan fingerprint density at radius 1 is 1.14 bits per heavy atom. The number of hydrogen-bond acceptors (Lipinski definition) is 6. The number of nitrogens with zero attached hydrogens (tertiary/aromatic N) is 5. The molecule has 37 heavy (non-hydrogen) atoms. The molecule has 0 aliphatic heterocycles. The van der Waals surface area contributed by atoms with Crippen LogP contribution < -0.4 is 15.0 Å². The number of aryl methyl sites for hydroxylation is 1. The van der Waals surface area contributed by atoms with Crippen molar-refractivity contribution in [2.45, 2.75) is 66.1 Å². The summed E-state index contributed by atoms with van der Waals surface area (Å²) in [4.78, 5) is 30.2. The van der Waals surface area contributed by atoms with E-state index < -0.39 is 11.6 Å². The van der Waals surface area contributed by atoms with Crippen molar-refractivity contribution in [3.8, 4) is 17.1 Å². The van der Waals surface area contributed by atoms with Crippen LogP contribution in [-0.4, -0.2) is 50.7 Å². The Hall–Kier alpha value is -3.46. The standard InChI is InChI=1S/C27H35ClN6O3/c1-17(2)14-22(26(36)29-27(4,5)6)34(21-15-18(3)8-13-23(21)37-7)24(35)16-33-31-25(30-32-33)19-9-11-20(28)12-10-19/h8-13,15,17,22H,14,16H2,1-7H3,(H,29,36)/t22-/m1/s1. The maximum atomic E-state index is 13.9. The summed E-state index contributed by atoms with van der Waals surface area (Å²) >= 11 is 5.98. The average molecular weight is 527 g/mol. The van der Waals surface area contributed by atoms with Gasteiger partial charge in [-0.05, 0) is 87.2 Å². The number of aromatic nitrogens is 4. The molecule has 3 aromatic rings. The predicted molar refractivity (Wildman–Crippen MR) is 145 cm³/mol. The zero-order chi connectivity index (χ0) is 27.3. The fraction of sp³-hybridized carbons (Fsp3) is 0.444. The molecule has 9 nitrogen and oxygen atoms in total. The van der Waals surface area contributed by atoms with Gasteiger partial charge in [-0.25, -0.2) is 0 Å². The van der Waals surface area contributed by atoms with Gasteiger partial charge in [-0.3, -0.25) is 14.5 Å². The number of methoxy groups -OCH3 is 1. The van der Waals surface area contributed by atoms with E-state index in [-0.39, 0.29) is 24.3 Å². The van der Waals surface area contributed by atoms with E-state index in [0.29, 0.717) is 28.7 Å². The molecule has 0 bridgehead atoms. The van der Waals surface area contributed by atoms with Crippen molar-refractivity contribution in [2.75, 3.05) is 12.0 Å². The number of rotatable bonds is 9. The number of hydrogen-bond donors (Lipinski definition) is 1. The van der Waals surface area contributed by atoms with Gasteiger partial charge in [-0.1, -0.05) is 31.5 Å². The van der Waals surface area contributed by atoms with Crippen molar-refractivity contribution in [3.05, 3.63) is 53.1 Å². The highest BCUT2D eigenvalue weighted by molar-refractivity contribution is 6.30. The topological polar surface area (TPSA) is 102 Å². The number of amides is 2. The number of anilines is 1. The number of ether oxygens (including phenoxy) is 1. The molecule has 0 spiro atoms. The van der Waals surface area contributed by atoms with Crippen molar-refractivity contribution < 1.29 is 14.3 Å². The lowest BCUT2D eigenvalue weighted by Gasteiger charge is -2.35. The Bertz CT molecular complexity index is 1230. The highest BCUT2D eigenvalue weighted by Gasteiger charge is 2.35. The molecule has 0 aliphatic carbocycles. The van der Waals surface area contributed by atoms with Crippen LogP contribution in [0.4, 0.5) is 5.69 Å². The summed E-state index contributed by atoms with van der Waals surface area (Å²) in [5.74, 6) is 0.394. The quantitative estimate of drug-likeness (QED) is 0.434. The molecule has 2 aromatic carbocycles. The summed E-state index contributed by atoms with van der Waals surface area (Å²) in [7, 11) is 1.54. The Kier molecular flexibility index (Phi) is 8.91. The van der Waals surface area contributed by atoms with E-state index >= 15 is 0 Å². The van der Waals surface area contributed by atoms with Crippen molar-refractivity contribution in [2.24, 2.45) is 5.92 Å². The van der Waals surface area contributed by atoms with Crippen LogP contribution in [0.15, 0.2) is 42.5 Å². The number of halogens is 1. The fourth-order valence-corrected chi connectivity index (χ4v) is 4.04. The second kappa shape index (κ2) is 11.7. The molecule has 0 fully saturated rings. The van der Waals surface area contributed by atoms with Crippen LogP contribution in [0, 0.1) is 12.8 Å². The molecule has 1 N–H and O–H groups in total. The minimum Gasteiger partial charge on any atom is -0.495 e. The lowest BCUT2D eigenvalue weighted by molar-refractivity contribution is -0.128. The van der Waals surface area contributed by atoms with Gasteiger partial charge in [0.05, 0.1) is 12.8 Å². The predicted octanol–water partition coefficient (Wildman–Crippen LogP) is 4.67. The van der Waals surface area contributed by atoms with Crippen LogP contribution in [-0.2, 0) is 16.1 Å². The fourth-order valence-electron chi connectivity index (χ4n) is 3.92. The van der Waals surface area contributed by atoms with Crippen LogP contribution >= 0.6 is 11.6 Å². The highest BCUT2D eigenvalue weighted by Crippen LogP contribution is 2.33. The largest absolute Gasteiger partial charge is 0.495 e. The number of carbonyl (C=O) groups is 2. The molecule has 1 heterocycles. The van der Waals surface area contributed by atoms with E-state index in [1.165, 1.54) is 9.70 Å². The van der Waals surface area contributed by atoms with Gasteiger partial charge < -0.3 is 10.1 Å². The lowest BCUT2D eigenvalue weighted by atomic mass is 9.98. The van der Waals surface area contributed by atoms with Crippen molar-refractivity contribution in [1.29, 1.82) is 0 Å². The second-order valence-electron chi connectivity index (χ2n) is 10.5. The smallest absolute Gasteiger partial charge is 0.251 e. The first-order valence-corrected chi connectivity index (χ1v) is 12.6. The summed E-state index contributed by atoms with van der Waals surface area (Å²) in [5, 5.41) is 16.2. The minimum atomic E-state index is -0.776. The Morgan fingerprint density at radius 2 is 1.81 bits per heavy atom. The van der Waals surface area contributed by atoms with Crippen molar-refractivity contribution >= 4 is 29.1 Å². The molecule has 0 unspecified atom stereocenters. The Balaban J connectivity index is 2.02. The molecule has 3 rings (SSSR count). The summed E-state index contributed by atoms with van der Waals surface area (Å²) in [5.41, 5.74) is 1.69. The van der Waals surface area contributed by atoms with Crippen molar-refractivity contribution in [1.82, 2.24) is 25.5 Å². The molecule has 1 aromatic heterocycles. The SMILES string of the molecule is COc1ccc(C)cc1N(C(=O)Cn1nnc(-c2ccc(Cl)cc2)n1)[C@H](CC(C)C)C(=O)NC(C)(C)C. The van der Waals surface area contributed by atoms with Gasteiger partial charge in [0.2, 0.25) is 11.7 Å². The third-order valence-corrected chi connectivity index (χ3v) is 5.75. The summed E-state index contributed by atoms with van der Waals surface area (Å²) in [6.07, 6.45) is 0.450. The molecule has 0 radical (unpaired) electrons. The van der Waals surface area contributed by atoms with Crippen LogP contribution in [0.2, 0.25) is 5.02 Å². The Morgan fingerprint density at radius 3 is 2.41 bits per heavy atom. The lowest BCUT2D eigenvalue weighted by Crippen LogP contribution is -2.55. The van der Waals surface area contributed by atoms with E-state index in [2.05, 4.69) is 20.7 Å². The molecule has 0 aliphatic rings. The first-order chi connectivity index (χ1) is 17.4. The molecule has 1 atom stereocenters. The summed E-state index contributed by atoms with van der Waals surface area (Å²) < 4.78 is 5.60. The molecular formula is C27H35ClN6O3. The molecule has 0 saturated heterocycles. The van der Waals surface area contributed by atoms with E-state index in [4.69, 9.17) is 16.3 Å². The first kappa shape index (κ1) is 28.1. The monoisotopic (exact) mass is 526 g/mol. The van der Waals surface area contributed by atoms with Gasteiger partial charge in [0.25, 0.3) is 5.91 Å². The van der Waals surface area contributed by atoms with E-state index in [1.807, 2.05) is 53.7 Å². The van der Waals surface area contributed by atoms with Gasteiger partial charge in [0.15, 0.2) is 0 Å².